The third-order valence-corrected chi connectivity index (χ3v) is 2.26. The average Bonchev–Trinajstić information content (AvgIpc) is 2.36. The van der Waals surface area contributed by atoms with E-state index >= 15 is 0 Å². The van der Waals surface area contributed by atoms with Crippen molar-refractivity contribution >= 4 is 11.9 Å². The number of ether oxygens (including phenoxy) is 2. The van der Waals surface area contributed by atoms with Crippen LogP contribution in [-0.4, -0.2) is 18.5 Å². The zero-order valence-corrected chi connectivity index (χ0v) is 10.9. The SMILES string of the molecule is CCCOC(=O)CCCC(=O)Oc1cccc(F)c1. The Balaban J connectivity index is 2.23. The van der Waals surface area contributed by atoms with Crippen molar-refractivity contribution in [2.24, 2.45) is 0 Å². The highest BCUT2D eigenvalue weighted by molar-refractivity contribution is 5.74. The predicted molar refractivity (Wildman–Crippen MR) is 67.1 cm³/mol. The van der Waals surface area contributed by atoms with Crippen molar-refractivity contribution in [1.29, 1.82) is 0 Å². The highest BCUT2D eigenvalue weighted by Crippen LogP contribution is 2.13. The molecule has 0 aliphatic heterocycles. The molecular formula is C14H17FO4. The zero-order valence-electron chi connectivity index (χ0n) is 10.9. The molecule has 0 unspecified atom stereocenters. The number of carbonyl (C=O) groups is 2. The monoisotopic (exact) mass is 268 g/mol. The molecule has 0 saturated heterocycles. The first-order valence-electron chi connectivity index (χ1n) is 6.23. The smallest absolute Gasteiger partial charge is 0.311 e. The van der Waals surface area contributed by atoms with Crippen molar-refractivity contribution in [1.82, 2.24) is 0 Å². The maximum absolute atomic E-state index is 12.8. The Bertz CT molecular complexity index is 431. The molecular weight excluding hydrogens is 251 g/mol. The van der Waals surface area contributed by atoms with Crippen LogP contribution in [0.2, 0.25) is 0 Å². The Morgan fingerprint density at radius 2 is 1.95 bits per heavy atom. The van der Waals surface area contributed by atoms with Crippen LogP contribution in [0.5, 0.6) is 5.75 Å². The van der Waals surface area contributed by atoms with Gasteiger partial charge in [-0.3, -0.25) is 9.59 Å². The van der Waals surface area contributed by atoms with Gasteiger partial charge in [-0.1, -0.05) is 13.0 Å². The molecule has 0 bridgehead atoms. The lowest BCUT2D eigenvalue weighted by Gasteiger charge is -2.04. The molecule has 0 amide bonds. The molecule has 5 heteroatoms. The molecule has 0 aromatic heterocycles. The van der Waals surface area contributed by atoms with E-state index < -0.39 is 11.8 Å². The number of carbonyl (C=O) groups excluding carboxylic acids is 2. The molecule has 0 saturated carbocycles. The predicted octanol–water partition coefficient (Wildman–Crippen LogP) is 2.85. The van der Waals surface area contributed by atoms with Crippen molar-refractivity contribution < 1.29 is 23.5 Å². The van der Waals surface area contributed by atoms with Crippen LogP contribution in [0, 0.1) is 5.82 Å². The van der Waals surface area contributed by atoms with Gasteiger partial charge in [0.1, 0.15) is 11.6 Å². The average molecular weight is 268 g/mol. The van der Waals surface area contributed by atoms with Gasteiger partial charge in [0.15, 0.2) is 0 Å². The molecule has 0 aliphatic carbocycles. The number of halogens is 1. The fraction of sp³-hybridized carbons (Fsp3) is 0.429. The molecule has 1 rings (SSSR count). The van der Waals surface area contributed by atoms with E-state index in [1.807, 2.05) is 6.92 Å². The van der Waals surface area contributed by atoms with Gasteiger partial charge in [-0.15, -0.1) is 0 Å². The van der Waals surface area contributed by atoms with Crippen molar-refractivity contribution in [2.75, 3.05) is 6.61 Å². The highest BCUT2D eigenvalue weighted by Gasteiger charge is 2.08. The molecule has 0 aliphatic rings. The largest absolute Gasteiger partial charge is 0.466 e. The van der Waals surface area contributed by atoms with Crippen LogP contribution in [0.3, 0.4) is 0 Å². The van der Waals surface area contributed by atoms with Gasteiger partial charge in [0.25, 0.3) is 0 Å². The summed E-state index contributed by atoms with van der Waals surface area (Å²) in [6, 6.07) is 5.35. The number of benzene rings is 1. The van der Waals surface area contributed by atoms with Crippen LogP contribution in [0.15, 0.2) is 24.3 Å². The quantitative estimate of drug-likeness (QED) is 0.563. The van der Waals surface area contributed by atoms with Crippen molar-refractivity contribution in [3.05, 3.63) is 30.1 Å². The van der Waals surface area contributed by atoms with E-state index in [0.29, 0.717) is 13.0 Å². The number of hydrogen-bond donors (Lipinski definition) is 0. The van der Waals surface area contributed by atoms with Crippen molar-refractivity contribution in [2.45, 2.75) is 32.6 Å². The van der Waals surface area contributed by atoms with Gasteiger partial charge in [0.2, 0.25) is 0 Å². The third kappa shape index (κ3) is 6.55. The Morgan fingerprint density at radius 1 is 1.21 bits per heavy atom. The van der Waals surface area contributed by atoms with Gasteiger partial charge in [0.05, 0.1) is 6.61 Å². The molecule has 0 fully saturated rings. The maximum Gasteiger partial charge on any atom is 0.311 e. The number of rotatable bonds is 7. The normalized spacial score (nSPS) is 10.0. The zero-order chi connectivity index (χ0) is 14.1. The van der Waals surface area contributed by atoms with E-state index in [-0.39, 0.29) is 24.6 Å². The molecule has 0 heterocycles. The molecule has 104 valence electrons. The first kappa shape index (κ1) is 15.1. The van der Waals surface area contributed by atoms with Gasteiger partial charge in [0, 0.05) is 18.9 Å². The van der Waals surface area contributed by atoms with Crippen LogP contribution in [0.1, 0.15) is 32.6 Å². The van der Waals surface area contributed by atoms with E-state index in [1.54, 1.807) is 0 Å². The first-order valence-corrected chi connectivity index (χ1v) is 6.23. The summed E-state index contributed by atoms with van der Waals surface area (Å²) >= 11 is 0. The molecule has 0 atom stereocenters. The lowest BCUT2D eigenvalue weighted by atomic mass is 10.2. The van der Waals surface area contributed by atoms with Crippen LogP contribution in [0.25, 0.3) is 0 Å². The van der Waals surface area contributed by atoms with Gasteiger partial charge in [-0.05, 0) is 25.0 Å². The second kappa shape index (κ2) is 8.24. The number of esters is 2. The summed E-state index contributed by atoms with van der Waals surface area (Å²) in [6.45, 7) is 2.30. The highest BCUT2D eigenvalue weighted by atomic mass is 19.1. The van der Waals surface area contributed by atoms with Crippen molar-refractivity contribution in [3.63, 3.8) is 0 Å². The molecule has 0 N–H and O–H groups in total. The lowest BCUT2D eigenvalue weighted by molar-refractivity contribution is -0.144. The minimum absolute atomic E-state index is 0.0950. The summed E-state index contributed by atoms with van der Waals surface area (Å²) in [4.78, 5) is 22.6. The van der Waals surface area contributed by atoms with Gasteiger partial charge in [-0.25, -0.2) is 4.39 Å². The summed E-state index contributed by atoms with van der Waals surface area (Å²) in [5, 5.41) is 0. The van der Waals surface area contributed by atoms with E-state index in [2.05, 4.69) is 0 Å². The lowest BCUT2D eigenvalue weighted by Crippen LogP contribution is -2.10. The molecule has 1 aromatic rings. The number of hydrogen-bond acceptors (Lipinski definition) is 4. The first-order chi connectivity index (χ1) is 9.11. The van der Waals surface area contributed by atoms with Crippen LogP contribution in [-0.2, 0) is 14.3 Å². The van der Waals surface area contributed by atoms with Gasteiger partial charge >= 0.3 is 11.9 Å². The molecule has 0 radical (unpaired) electrons. The minimum atomic E-state index is -0.492. The van der Waals surface area contributed by atoms with E-state index in [9.17, 15) is 14.0 Å². The molecule has 4 nitrogen and oxygen atoms in total. The maximum atomic E-state index is 12.8. The fourth-order valence-corrected chi connectivity index (χ4v) is 1.38. The third-order valence-electron chi connectivity index (χ3n) is 2.26. The summed E-state index contributed by atoms with van der Waals surface area (Å²) in [5.41, 5.74) is 0. The summed E-state index contributed by atoms with van der Waals surface area (Å²) in [5.74, 6) is -1.11. The van der Waals surface area contributed by atoms with Gasteiger partial charge in [-0.2, -0.15) is 0 Å². The topological polar surface area (TPSA) is 52.6 Å². The molecule has 0 spiro atoms. The molecule has 1 aromatic carbocycles. The Morgan fingerprint density at radius 3 is 2.63 bits per heavy atom. The second-order valence-electron chi connectivity index (χ2n) is 4.01. The van der Waals surface area contributed by atoms with Crippen molar-refractivity contribution in [3.8, 4) is 5.75 Å². The van der Waals surface area contributed by atoms with Crippen LogP contribution in [0.4, 0.5) is 4.39 Å². The Kier molecular flexibility index (Phi) is 6.57. The van der Waals surface area contributed by atoms with Crippen LogP contribution < -0.4 is 4.74 Å². The second-order valence-corrected chi connectivity index (χ2v) is 4.01. The fourth-order valence-electron chi connectivity index (χ4n) is 1.38. The van der Waals surface area contributed by atoms with Crippen LogP contribution >= 0.6 is 0 Å². The summed E-state index contributed by atoms with van der Waals surface area (Å²) in [7, 11) is 0. The summed E-state index contributed by atoms with van der Waals surface area (Å²) in [6.07, 6.45) is 1.40. The van der Waals surface area contributed by atoms with E-state index in [4.69, 9.17) is 9.47 Å². The Hall–Kier alpha value is -1.91. The Labute approximate surface area is 111 Å². The molecule has 19 heavy (non-hydrogen) atoms. The van der Waals surface area contributed by atoms with E-state index in [0.717, 1.165) is 12.5 Å². The van der Waals surface area contributed by atoms with E-state index in [1.165, 1.54) is 18.2 Å². The standard InChI is InChI=1S/C14H17FO4/c1-2-9-18-13(16)7-4-8-14(17)19-12-6-3-5-11(15)10-12/h3,5-6,10H,2,4,7-9H2,1H3. The minimum Gasteiger partial charge on any atom is -0.466 e. The summed E-state index contributed by atoms with van der Waals surface area (Å²) < 4.78 is 22.6. The van der Waals surface area contributed by atoms with Gasteiger partial charge < -0.3 is 9.47 Å².